The first kappa shape index (κ1) is 16.1. The van der Waals surface area contributed by atoms with Gasteiger partial charge in [-0.15, -0.1) is 0 Å². The summed E-state index contributed by atoms with van der Waals surface area (Å²) in [5.74, 6) is 0. The monoisotopic (exact) mass is 390 g/mol. The number of hydrogen-bond acceptors (Lipinski definition) is 5. The fourth-order valence-corrected chi connectivity index (χ4v) is 3.50. The first-order chi connectivity index (χ1) is 11.1. The van der Waals surface area contributed by atoms with Crippen LogP contribution < -0.4 is 10.5 Å². The molecule has 0 aliphatic carbocycles. The van der Waals surface area contributed by atoms with Crippen LogP contribution in [-0.4, -0.2) is 29.3 Å². The number of anilines is 1. The Morgan fingerprint density at radius 1 is 1.39 bits per heavy atom. The molecule has 0 bridgehead atoms. The van der Waals surface area contributed by atoms with Crippen LogP contribution in [0, 0.1) is 11.3 Å². The Morgan fingerprint density at radius 3 is 2.78 bits per heavy atom. The lowest BCUT2D eigenvalue weighted by molar-refractivity contribution is 0.931. The van der Waals surface area contributed by atoms with Crippen LogP contribution in [-0.2, 0) is 0 Å². The van der Waals surface area contributed by atoms with Gasteiger partial charge >= 0.3 is 0 Å². The van der Waals surface area contributed by atoms with Crippen molar-refractivity contribution in [3.8, 4) is 17.3 Å². The maximum Gasteiger partial charge on any atom is 0.270 e. The van der Waals surface area contributed by atoms with Crippen LogP contribution in [0.15, 0.2) is 32.6 Å². The van der Waals surface area contributed by atoms with Gasteiger partial charge < -0.3 is 9.88 Å². The summed E-state index contributed by atoms with van der Waals surface area (Å²) in [4.78, 5) is 21.6. The minimum atomic E-state index is -0.392. The highest BCUT2D eigenvalue weighted by molar-refractivity contribution is 9.10. The van der Waals surface area contributed by atoms with Crippen LogP contribution in [0.5, 0.6) is 0 Å². The van der Waals surface area contributed by atoms with Crippen molar-refractivity contribution in [1.82, 2.24) is 9.97 Å². The summed E-state index contributed by atoms with van der Waals surface area (Å²) in [7, 11) is 0. The summed E-state index contributed by atoms with van der Waals surface area (Å²) in [6, 6.07) is 7.87. The van der Waals surface area contributed by atoms with E-state index in [0.717, 1.165) is 41.7 Å². The predicted molar refractivity (Wildman–Crippen MR) is 95.9 cm³/mol. The van der Waals surface area contributed by atoms with Gasteiger partial charge in [0.05, 0.1) is 5.69 Å². The van der Waals surface area contributed by atoms with Crippen molar-refractivity contribution in [3.63, 3.8) is 0 Å². The number of benzene rings is 1. The fourth-order valence-electron chi connectivity index (χ4n) is 2.77. The van der Waals surface area contributed by atoms with Gasteiger partial charge in [-0.2, -0.15) is 5.26 Å². The summed E-state index contributed by atoms with van der Waals surface area (Å²) >= 11 is 4.86. The van der Waals surface area contributed by atoms with E-state index < -0.39 is 5.56 Å². The lowest BCUT2D eigenvalue weighted by Gasteiger charge is -2.22. The molecule has 1 aromatic heterocycles. The molecule has 118 valence electrons. The summed E-state index contributed by atoms with van der Waals surface area (Å²) < 4.78 is 0.969. The number of rotatable bonds is 3. The number of H-pyrrole nitrogens is 1. The van der Waals surface area contributed by atoms with Crippen molar-refractivity contribution in [2.75, 3.05) is 24.2 Å². The quantitative estimate of drug-likeness (QED) is 0.642. The number of hydrogen-bond donors (Lipinski definition) is 1. The minimum Gasteiger partial charge on any atom is -0.371 e. The molecule has 2 heterocycles. The zero-order chi connectivity index (χ0) is 16.4. The van der Waals surface area contributed by atoms with Gasteiger partial charge in [0, 0.05) is 28.8 Å². The smallest absolute Gasteiger partial charge is 0.270 e. The topological polar surface area (TPSA) is 72.8 Å². The van der Waals surface area contributed by atoms with Crippen LogP contribution in [0.3, 0.4) is 0 Å². The second-order valence-electron chi connectivity index (χ2n) is 5.27. The number of nitrogens with one attached hydrogen (secondary N) is 1. The summed E-state index contributed by atoms with van der Waals surface area (Å²) in [6.07, 6.45) is 4.14. The number of halogens is 1. The fraction of sp³-hybridized carbons (Fsp3) is 0.312. The molecule has 0 spiro atoms. The Balaban J connectivity index is 2.25. The molecule has 1 fully saturated rings. The molecule has 7 heteroatoms. The maximum atomic E-state index is 12.2. The van der Waals surface area contributed by atoms with Crippen LogP contribution >= 0.6 is 27.7 Å². The molecule has 3 rings (SSSR count). The second-order valence-corrected chi connectivity index (χ2v) is 6.98. The predicted octanol–water partition coefficient (Wildman–Crippen LogP) is 3.39. The second kappa shape index (κ2) is 6.77. The van der Waals surface area contributed by atoms with E-state index in [-0.39, 0.29) is 5.56 Å². The molecule has 1 aliphatic heterocycles. The highest BCUT2D eigenvalue weighted by atomic mass is 79.9. The largest absolute Gasteiger partial charge is 0.371 e. The van der Waals surface area contributed by atoms with Crippen molar-refractivity contribution in [2.45, 2.75) is 18.0 Å². The first-order valence-electron chi connectivity index (χ1n) is 7.27. The summed E-state index contributed by atoms with van der Waals surface area (Å²) in [5.41, 5.74) is 1.96. The average Bonchev–Trinajstić information content (AvgIpc) is 3.08. The number of aromatic amines is 1. The van der Waals surface area contributed by atoms with E-state index in [2.05, 4.69) is 30.8 Å². The van der Waals surface area contributed by atoms with E-state index in [9.17, 15) is 10.1 Å². The molecule has 1 aromatic carbocycles. The third kappa shape index (κ3) is 3.14. The molecule has 1 saturated heterocycles. The number of aromatic nitrogens is 2. The van der Waals surface area contributed by atoms with Crippen LogP contribution in [0.4, 0.5) is 5.69 Å². The highest BCUT2D eigenvalue weighted by Gasteiger charge is 2.21. The number of thioether (sulfide) groups is 1. The Bertz CT molecular complexity index is 837. The Hall–Kier alpha value is -1.78. The lowest BCUT2D eigenvalue weighted by atomic mass is 10.0. The van der Waals surface area contributed by atoms with E-state index in [1.165, 1.54) is 11.8 Å². The van der Waals surface area contributed by atoms with E-state index >= 15 is 0 Å². The van der Waals surface area contributed by atoms with Gasteiger partial charge in [-0.1, -0.05) is 27.7 Å². The van der Waals surface area contributed by atoms with E-state index in [4.69, 9.17) is 0 Å². The molecule has 0 atom stereocenters. The SMILES string of the molecule is CSc1nc(-c2ccc(Br)cc2N2CCCC2)c(C#N)c(=O)[nH]1. The number of nitriles is 1. The minimum absolute atomic E-state index is 0.0607. The molecular formula is C16H15BrN4OS. The van der Waals surface area contributed by atoms with Crippen LogP contribution in [0.2, 0.25) is 0 Å². The van der Waals surface area contributed by atoms with Crippen molar-refractivity contribution in [1.29, 1.82) is 5.26 Å². The third-order valence-electron chi connectivity index (χ3n) is 3.86. The van der Waals surface area contributed by atoms with Crippen molar-refractivity contribution in [2.24, 2.45) is 0 Å². The average molecular weight is 391 g/mol. The molecule has 1 N–H and O–H groups in total. The van der Waals surface area contributed by atoms with Crippen molar-refractivity contribution >= 4 is 33.4 Å². The van der Waals surface area contributed by atoms with Gasteiger partial charge in [0.2, 0.25) is 0 Å². The summed E-state index contributed by atoms with van der Waals surface area (Å²) in [6.45, 7) is 1.95. The molecule has 0 unspecified atom stereocenters. The number of nitrogens with zero attached hydrogens (tertiary/aromatic N) is 3. The van der Waals surface area contributed by atoms with Crippen molar-refractivity contribution < 1.29 is 0 Å². The van der Waals surface area contributed by atoms with Gasteiger partial charge in [-0.25, -0.2) is 4.98 Å². The molecule has 2 aromatic rings. The molecule has 1 aliphatic rings. The van der Waals surface area contributed by atoms with Crippen molar-refractivity contribution in [3.05, 3.63) is 38.6 Å². The highest BCUT2D eigenvalue weighted by Crippen LogP contribution is 2.35. The standard InChI is InChI=1S/C16H15BrN4OS/c1-23-16-19-14(12(9-18)15(22)20-16)11-5-4-10(17)8-13(11)21-6-2-3-7-21/h4-5,8H,2-3,6-7H2,1H3,(H,19,20,22). The van der Waals surface area contributed by atoms with Gasteiger partial charge in [0.1, 0.15) is 11.6 Å². The lowest BCUT2D eigenvalue weighted by Crippen LogP contribution is -2.20. The van der Waals surface area contributed by atoms with E-state index in [1.807, 2.05) is 30.5 Å². The van der Waals surface area contributed by atoms with Gasteiger partial charge in [-0.05, 0) is 37.3 Å². The zero-order valence-electron chi connectivity index (χ0n) is 12.6. The molecule has 0 amide bonds. The maximum absolute atomic E-state index is 12.2. The Kier molecular flexibility index (Phi) is 4.74. The first-order valence-corrected chi connectivity index (χ1v) is 9.29. The van der Waals surface area contributed by atoms with Gasteiger partial charge in [0.15, 0.2) is 5.16 Å². The Morgan fingerprint density at radius 2 is 2.13 bits per heavy atom. The zero-order valence-corrected chi connectivity index (χ0v) is 15.0. The summed E-state index contributed by atoms with van der Waals surface area (Å²) in [5, 5.41) is 9.91. The van der Waals surface area contributed by atoms with Crippen LogP contribution in [0.25, 0.3) is 11.3 Å². The normalized spacial score (nSPS) is 14.0. The van der Waals surface area contributed by atoms with Crippen LogP contribution in [0.1, 0.15) is 18.4 Å². The molecular weight excluding hydrogens is 376 g/mol. The van der Waals surface area contributed by atoms with E-state index in [0.29, 0.717) is 10.9 Å². The molecule has 23 heavy (non-hydrogen) atoms. The third-order valence-corrected chi connectivity index (χ3v) is 4.94. The molecule has 0 saturated carbocycles. The van der Waals surface area contributed by atoms with Gasteiger partial charge in [-0.3, -0.25) is 4.79 Å². The molecule has 0 radical (unpaired) electrons. The molecule has 5 nitrogen and oxygen atoms in total. The van der Waals surface area contributed by atoms with Gasteiger partial charge in [0.25, 0.3) is 5.56 Å². The van der Waals surface area contributed by atoms with E-state index in [1.54, 1.807) is 0 Å². The Labute approximate surface area is 146 Å².